The molecule has 0 atom stereocenters. The predicted octanol–water partition coefficient (Wildman–Crippen LogP) is 3.15. The molecule has 12 nitrogen and oxygen atoms in total. The summed E-state index contributed by atoms with van der Waals surface area (Å²) in [6.45, 7) is 13.8. The van der Waals surface area contributed by atoms with E-state index in [-0.39, 0.29) is 28.9 Å². The number of hydrogen-bond acceptors (Lipinski definition) is 9. The van der Waals surface area contributed by atoms with Gasteiger partial charge in [0.2, 0.25) is 17.7 Å². The number of amides is 3. The Bertz CT molecular complexity index is 1020. The molecule has 3 amide bonds. The second kappa shape index (κ2) is 14.6. The number of hydroxylamine groups is 2. The largest absolute Gasteiger partial charge is 0.324 e. The minimum absolute atomic E-state index is 0.0273. The van der Waals surface area contributed by atoms with Gasteiger partial charge in [-0.3, -0.25) is 24.0 Å². The first-order valence-corrected chi connectivity index (χ1v) is 11.0. The summed E-state index contributed by atoms with van der Waals surface area (Å²) < 4.78 is 0. The zero-order chi connectivity index (χ0) is 28.1. The van der Waals surface area contributed by atoms with E-state index in [1.165, 1.54) is 45.7 Å². The number of aromatic nitrogens is 4. The molecule has 2 aromatic heterocycles. The quantitative estimate of drug-likeness (QED) is 0.472. The summed E-state index contributed by atoms with van der Waals surface area (Å²) >= 11 is 0. The van der Waals surface area contributed by atoms with Crippen LogP contribution in [0.1, 0.15) is 65.7 Å². The fraction of sp³-hybridized carbons (Fsp3) is 0.500. The van der Waals surface area contributed by atoms with Crippen molar-refractivity contribution in [2.75, 3.05) is 24.8 Å². The molecule has 0 aliphatic heterocycles. The van der Waals surface area contributed by atoms with Crippen LogP contribution in [0.25, 0.3) is 0 Å². The van der Waals surface area contributed by atoms with Crippen LogP contribution in [0, 0.1) is 10.8 Å². The van der Waals surface area contributed by atoms with Gasteiger partial charge in [-0.25, -0.2) is 5.06 Å². The van der Waals surface area contributed by atoms with E-state index in [1.54, 1.807) is 33.9 Å². The summed E-state index contributed by atoms with van der Waals surface area (Å²) in [5, 5.41) is 21.1. The molecule has 0 aliphatic rings. The van der Waals surface area contributed by atoms with E-state index >= 15 is 0 Å². The summed E-state index contributed by atoms with van der Waals surface area (Å²) in [6, 6.07) is 1.70. The highest BCUT2D eigenvalue weighted by Crippen LogP contribution is 2.19. The Morgan fingerprint density at radius 1 is 0.806 bits per heavy atom. The molecule has 2 heterocycles. The monoisotopic (exact) mass is 503 g/mol. The molecule has 0 unspecified atom stereocenters. The fourth-order valence-corrected chi connectivity index (χ4v) is 1.82. The maximum atomic E-state index is 11.7. The maximum absolute atomic E-state index is 11.7. The molecule has 0 saturated heterocycles. The van der Waals surface area contributed by atoms with Gasteiger partial charge in [-0.05, 0) is 13.0 Å². The van der Waals surface area contributed by atoms with Gasteiger partial charge in [0.15, 0.2) is 5.78 Å². The molecule has 0 spiro atoms. The number of rotatable bonds is 4. The van der Waals surface area contributed by atoms with E-state index in [0.717, 1.165) is 5.06 Å². The van der Waals surface area contributed by atoms with Gasteiger partial charge in [-0.1, -0.05) is 41.5 Å². The van der Waals surface area contributed by atoms with Crippen LogP contribution in [0.4, 0.5) is 11.4 Å². The van der Waals surface area contributed by atoms with Crippen molar-refractivity contribution >= 4 is 34.9 Å². The van der Waals surface area contributed by atoms with E-state index in [9.17, 15) is 19.2 Å². The van der Waals surface area contributed by atoms with Crippen molar-refractivity contribution < 1.29 is 24.0 Å². The van der Waals surface area contributed by atoms with Gasteiger partial charge >= 0.3 is 0 Å². The Kier molecular flexibility index (Phi) is 13.0. The van der Waals surface area contributed by atoms with Gasteiger partial charge in [-0.2, -0.15) is 20.4 Å². The SMILES string of the molecule is CC(=O)c1cnncc1NC(=O)C(C)(C)C.CC(C)(C)C(=O)Nc1ccnnc1.CON(C)C(C)=O. The molecule has 2 N–H and O–H groups in total. The molecule has 0 radical (unpaired) electrons. The molecular weight excluding hydrogens is 466 g/mol. The zero-order valence-electron chi connectivity index (χ0n) is 22.7. The summed E-state index contributed by atoms with van der Waals surface area (Å²) in [7, 11) is 3.00. The van der Waals surface area contributed by atoms with Crippen molar-refractivity contribution in [1.29, 1.82) is 0 Å². The van der Waals surface area contributed by atoms with Crippen LogP contribution in [-0.2, 0) is 19.2 Å². The lowest BCUT2D eigenvalue weighted by Crippen LogP contribution is -2.28. The molecule has 12 heteroatoms. The van der Waals surface area contributed by atoms with Crippen molar-refractivity contribution in [1.82, 2.24) is 25.5 Å². The fourth-order valence-electron chi connectivity index (χ4n) is 1.82. The van der Waals surface area contributed by atoms with Crippen LogP contribution in [0.3, 0.4) is 0 Å². The van der Waals surface area contributed by atoms with Crippen LogP contribution in [0.15, 0.2) is 30.9 Å². The number of ketones is 1. The lowest BCUT2D eigenvalue weighted by Gasteiger charge is -2.18. The number of anilines is 2. The third-order valence-electron chi connectivity index (χ3n) is 4.28. The van der Waals surface area contributed by atoms with Gasteiger partial charge < -0.3 is 10.6 Å². The van der Waals surface area contributed by atoms with Gasteiger partial charge in [0, 0.05) is 24.8 Å². The third-order valence-corrected chi connectivity index (χ3v) is 4.28. The standard InChI is InChI=1S/C11H15N3O2.C9H13N3O.C4H9NO2/c1-7(15)8-5-12-13-6-9(8)14-10(16)11(2,3)4;1-9(2,3)8(13)12-7-4-5-10-11-6-7;1-4(6)5(2)7-3/h5-6H,1-4H3,(H,12,14,16);4-6H,1-3H3,(H,10,12,13);1-3H3. The van der Waals surface area contributed by atoms with Crippen LogP contribution in [0.5, 0.6) is 0 Å². The second-order valence-corrected chi connectivity index (χ2v) is 9.61. The Labute approximate surface area is 212 Å². The molecule has 0 aliphatic carbocycles. The third kappa shape index (κ3) is 12.6. The topological polar surface area (TPSA) is 156 Å². The number of Topliss-reactive ketones (excluding diaryl/α,β-unsaturated/α-hetero) is 1. The van der Waals surface area contributed by atoms with Gasteiger partial charge in [0.05, 0.1) is 48.8 Å². The van der Waals surface area contributed by atoms with Crippen LogP contribution >= 0.6 is 0 Å². The average molecular weight is 504 g/mol. The number of nitrogens with zero attached hydrogens (tertiary/aromatic N) is 5. The zero-order valence-corrected chi connectivity index (χ0v) is 22.7. The van der Waals surface area contributed by atoms with E-state index in [4.69, 9.17) is 0 Å². The molecule has 0 aromatic carbocycles. The average Bonchev–Trinajstić information content (AvgIpc) is 2.79. The molecule has 198 valence electrons. The summed E-state index contributed by atoms with van der Waals surface area (Å²) in [6.07, 6.45) is 5.78. The second-order valence-electron chi connectivity index (χ2n) is 9.61. The Hall–Kier alpha value is -3.80. The lowest BCUT2D eigenvalue weighted by atomic mass is 9.95. The molecule has 2 rings (SSSR count). The number of carbonyl (C=O) groups excluding carboxylic acids is 4. The Morgan fingerprint density at radius 2 is 1.31 bits per heavy atom. The smallest absolute Gasteiger partial charge is 0.242 e. The summed E-state index contributed by atoms with van der Waals surface area (Å²) in [5.41, 5.74) is 0.547. The van der Waals surface area contributed by atoms with Gasteiger partial charge in [-0.15, -0.1) is 0 Å². The highest BCUT2D eigenvalue weighted by molar-refractivity contribution is 6.04. The van der Waals surface area contributed by atoms with Crippen molar-refractivity contribution in [3.05, 3.63) is 36.4 Å². The maximum Gasteiger partial charge on any atom is 0.242 e. The molecule has 0 fully saturated rings. The number of hydrogen-bond donors (Lipinski definition) is 2. The summed E-state index contributed by atoms with van der Waals surface area (Å²) in [4.78, 5) is 49.2. The normalized spacial score (nSPS) is 10.5. The first kappa shape index (κ1) is 32.2. The Balaban J connectivity index is 0.000000550. The Morgan fingerprint density at radius 3 is 1.69 bits per heavy atom. The minimum atomic E-state index is -0.517. The van der Waals surface area contributed by atoms with Crippen LogP contribution in [0.2, 0.25) is 0 Å². The first-order chi connectivity index (χ1) is 16.5. The predicted molar refractivity (Wildman–Crippen MR) is 136 cm³/mol. The van der Waals surface area contributed by atoms with Gasteiger partial charge in [0.1, 0.15) is 0 Å². The van der Waals surface area contributed by atoms with E-state index in [2.05, 4.69) is 35.9 Å². The van der Waals surface area contributed by atoms with Crippen LogP contribution < -0.4 is 10.6 Å². The molecule has 0 bridgehead atoms. The molecular formula is C24H37N7O5. The highest BCUT2D eigenvalue weighted by atomic mass is 16.7. The highest BCUT2D eigenvalue weighted by Gasteiger charge is 2.23. The first-order valence-electron chi connectivity index (χ1n) is 11.0. The minimum Gasteiger partial charge on any atom is -0.324 e. The van der Waals surface area contributed by atoms with Crippen LogP contribution in [-0.4, -0.2) is 63.1 Å². The van der Waals surface area contributed by atoms with Crippen molar-refractivity contribution in [3.63, 3.8) is 0 Å². The van der Waals surface area contributed by atoms with Crippen molar-refractivity contribution in [2.45, 2.75) is 55.4 Å². The van der Waals surface area contributed by atoms with E-state index in [1.807, 2.05) is 20.8 Å². The van der Waals surface area contributed by atoms with Crippen molar-refractivity contribution in [3.8, 4) is 0 Å². The molecule has 36 heavy (non-hydrogen) atoms. The van der Waals surface area contributed by atoms with Gasteiger partial charge in [0.25, 0.3) is 0 Å². The van der Waals surface area contributed by atoms with Crippen molar-refractivity contribution in [2.24, 2.45) is 10.8 Å². The number of carbonyl (C=O) groups is 4. The number of nitrogens with one attached hydrogen (secondary N) is 2. The summed E-state index contributed by atoms with van der Waals surface area (Å²) in [5.74, 6) is -0.440. The van der Waals surface area contributed by atoms with E-state index < -0.39 is 5.41 Å². The lowest BCUT2D eigenvalue weighted by molar-refractivity contribution is -0.165. The molecule has 0 saturated carbocycles. The molecule has 2 aromatic rings. The van der Waals surface area contributed by atoms with E-state index in [0.29, 0.717) is 16.9 Å².